The number of carbonyl (C=O) groups excluding carboxylic acids is 4. The van der Waals surface area contributed by atoms with Gasteiger partial charge in [-0.1, -0.05) is 42.0 Å². The molecule has 2 atom stereocenters. The number of fused-ring (bicyclic) bond motifs is 1. The molecule has 2 fully saturated rings. The van der Waals surface area contributed by atoms with Crippen molar-refractivity contribution in [3.8, 4) is 5.75 Å². The largest absolute Gasteiger partial charge is 0.497 e. The predicted molar refractivity (Wildman–Crippen MR) is 177 cm³/mol. The average Bonchev–Trinajstić information content (AvgIpc) is 3.56. The zero-order valence-corrected chi connectivity index (χ0v) is 27.6. The third-order valence-corrected chi connectivity index (χ3v) is 10.1. The number of ether oxygens (including phenoxy) is 1. The van der Waals surface area contributed by atoms with Crippen LogP contribution >= 0.6 is 21.6 Å². The number of methoxy groups -OCH3 is 1. The van der Waals surface area contributed by atoms with Gasteiger partial charge in [-0.25, -0.2) is 4.98 Å². The first kappa shape index (κ1) is 34.1. The van der Waals surface area contributed by atoms with E-state index < -0.39 is 29.8 Å². The molecule has 4 amide bonds. The minimum atomic E-state index is -1.01. The molecule has 0 spiro atoms. The van der Waals surface area contributed by atoms with Crippen molar-refractivity contribution in [1.82, 2.24) is 25.8 Å². The molecule has 0 saturated carbocycles. The number of hydrogen-bond acceptors (Lipinski definition) is 8. The molecule has 240 valence electrons. The van der Waals surface area contributed by atoms with Crippen molar-refractivity contribution in [2.24, 2.45) is 0 Å². The summed E-state index contributed by atoms with van der Waals surface area (Å²) in [4.78, 5) is 60.5. The number of amides is 4. The first-order valence-corrected chi connectivity index (χ1v) is 17.6. The SMILES string of the molecule is CC/C(C)=C1\NC(=O)C(Cc2ccc(OC)cc2)NC(=O)/C(=C\CCCCSSc2ccccn2)NC(=O)C2CCCN2C1=O. The second-order valence-corrected chi connectivity index (χ2v) is 13.3. The number of nitrogens with zero attached hydrogens (tertiary/aromatic N) is 2. The molecule has 2 aliphatic heterocycles. The van der Waals surface area contributed by atoms with E-state index in [0.29, 0.717) is 43.6 Å². The van der Waals surface area contributed by atoms with Gasteiger partial charge in [0.1, 0.15) is 34.3 Å². The highest BCUT2D eigenvalue weighted by molar-refractivity contribution is 8.76. The van der Waals surface area contributed by atoms with Crippen molar-refractivity contribution in [1.29, 1.82) is 0 Å². The number of aromatic nitrogens is 1. The number of benzene rings is 1. The lowest BCUT2D eigenvalue weighted by Crippen LogP contribution is -2.55. The maximum atomic E-state index is 13.8. The molecule has 0 bridgehead atoms. The lowest BCUT2D eigenvalue weighted by Gasteiger charge is -2.29. The molecule has 10 nitrogen and oxygen atoms in total. The molecular formula is C33H41N5O5S2. The Labute approximate surface area is 272 Å². The topological polar surface area (TPSA) is 130 Å². The summed E-state index contributed by atoms with van der Waals surface area (Å²) in [5.74, 6) is -0.272. The Kier molecular flexibility index (Phi) is 12.9. The second kappa shape index (κ2) is 17.1. The average molecular weight is 652 g/mol. The van der Waals surface area contributed by atoms with Crippen LogP contribution in [-0.2, 0) is 25.6 Å². The number of allylic oxidation sites excluding steroid dienone is 2. The first-order chi connectivity index (χ1) is 21.8. The molecule has 0 aliphatic carbocycles. The molecule has 3 heterocycles. The van der Waals surface area contributed by atoms with Gasteiger partial charge in [-0.3, -0.25) is 19.2 Å². The molecule has 12 heteroatoms. The zero-order valence-electron chi connectivity index (χ0n) is 26.0. The van der Waals surface area contributed by atoms with Crippen LogP contribution in [0.25, 0.3) is 0 Å². The van der Waals surface area contributed by atoms with Crippen LogP contribution < -0.4 is 20.7 Å². The van der Waals surface area contributed by atoms with Gasteiger partial charge in [0.15, 0.2) is 0 Å². The molecule has 1 aromatic carbocycles. The van der Waals surface area contributed by atoms with E-state index in [1.54, 1.807) is 60.0 Å². The van der Waals surface area contributed by atoms with Gasteiger partial charge in [0, 0.05) is 24.9 Å². The molecular weight excluding hydrogens is 611 g/mol. The zero-order chi connectivity index (χ0) is 32.2. The lowest BCUT2D eigenvalue weighted by atomic mass is 10.0. The molecule has 2 aromatic rings. The Morgan fingerprint density at radius 1 is 1.07 bits per heavy atom. The molecule has 4 rings (SSSR count). The predicted octanol–water partition coefficient (Wildman–Crippen LogP) is 4.53. The van der Waals surface area contributed by atoms with Crippen LogP contribution in [0.3, 0.4) is 0 Å². The fourth-order valence-corrected chi connectivity index (χ4v) is 7.09. The standard InChI is InChI=1S/C33H41N5O5S2/c1-4-22(2)29-33(42)38-19-10-12-27(38)32(41)35-25(11-6-5-9-20-44-45-28-13-7-8-18-34-28)30(39)36-26(31(40)37-29)21-23-14-16-24(43-3)17-15-23/h7-8,11,13-18,26-27H,4-6,9-10,12,19-21H2,1-3H3,(H,35,41)(H,36,39)(H,37,40)/b25-11+,29-22-. The van der Waals surface area contributed by atoms with Gasteiger partial charge in [-0.15, -0.1) is 0 Å². The van der Waals surface area contributed by atoms with Crippen LogP contribution in [0.4, 0.5) is 0 Å². The van der Waals surface area contributed by atoms with Crippen molar-refractivity contribution in [3.63, 3.8) is 0 Å². The van der Waals surface area contributed by atoms with Crippen LogP contribution in [0.1, 0.15) is 57.9 Å². The van der Waals surface area contributed by atoms with Gasteiger partial charge in [0.2, 0.25) is 11.8 Å². The highest BCUT2D eigenvalue weighted by Crippen LogP contribution is 2.30. The van der Waals surface area contributed by atoms with Crippen molar-refractivity contribution in [2.75, 3.05) is 19.4 Å². The highest BCUT2D eigenvalue weighted by Gasteiger charge is 2.38. The molecule has 45 heavy (non-hydrogen) atoms. The number of carbonyl (C=O) groups is 4. The van der Waals surface area contributed by atoms with Crippen molar-refractivity contribution in [3.05, 3.63) is 77.3 Å². The normalized spacial score (nSPS) is 21.3. The summed E-state index contributed by atoms with van der Waals surface area (Å²) < 4.78 is 5.25. The number of rotatable bonds is 11. The minimum absolute atomic E-state index is 0.0865. The smallest absolute Gasteiger partial charge is 0.270 e. The summed E-state index contributed by atoms with van der Waals surface area (Å²) >= 11 is 0. The van der Waals surface area contributed by atoms with E-state index >= 15 is 0 Å². The van der Waals surface area contributed by atoms with Crippen LogP contribution in [-0.4, -0.2) is 65.0 Å². The van der Waals surface area contributed by atoms with Crippen LogP contribution in [0.2, 0.25) is 0 Å². The molecule has 2 saturated heterocycles. The Morgan fingerprint density at radius 3 is 2.58 bits per heavy atom. The van der Waals surface area contributed by atoms with Crippen LogP contribution in [0.5, 0.6) is 5.75 Å². The summed E-state index contributed by atoms with van der Waals surface area (Å²) in [6.45, 7) is 4.08. The Balaban J connectivity index is 1.53. The maximum Gasteiger partial charge on any atom is 0.270 e. The minimum Gasteiger partial charge on any atom is -0.497 e. The molecule has 2 aliphatic rings. The first-order valence-electron chi connectivity index (χ1n) is 15.3. The van der Waals surface area contributed by atoms with Gasteiger partial charge in [0.05, 0.1) is 7.11 Å². The van der Waals surface area contributed by atoms with Crippen LogP contribution in [0.15, 0.2) is 76.7 Å². The molecule has 0 radical (unpaired) electrons. The quantitative estimate of drug-likeness (QED) is 0.184. The molecule has 2 unspecified atom stereocenters. The molecule has 1 aromatic heterocycles. The third-order valence-electron chi connectivity index (χ3n) is 7.77. The van der Waals surface area contributed by atoms with Gasteiger partial charge in [0.25, 0.3) is 11.8 Å². The number of pyridine rings is 1. The van der Waals surface area contributed by atoms with E-state index in [4.69, 9.17) is 4.74 Å². The highest BCUT2D eigenvalue weighted by atomic mass is 33.1. The summed E-state index contributed by atoms with van der Waals surface area (Å²) in [6.07, 6.45) is 7.58. The Bertz CT molecular complexity index is 1410. The van der Waals surface area contributed by atoms with Crippen molar-refractivity contribution >= 4 is 45.2 Å². The Morgan fingerprint density at radius 2 is 1.87 bits per heavy atom. The van der Waals surface area contributed by atoms with E-state index in [-0.39, 0.29) is 23.7 Å². The second-order valence-electron chi connectivity index (χ2n) is 10.9. The van der Waals surface area contributed by atoms with E-state index in [9.17, 15) is 19.2 Å². The van der Waals surface area contributed by atoms with Gasteiger partial charge in [-0.05, 0) is 91.6 Å². The number of nitrogens with one attached hydrogen (secondary N) is 3. The van der Waals surface area contributed by atoms with Crippen LogP contribution in [0, 0.1) is 0 Å². The summed E-state index contributed by atoms with van der Waals surface area (Å²) in [7, 11) is 4.91. The van der Waals surface area contributed by atoms with E-state index in [1.807, 2.05) is 37.3 Å². The van der Waals surface area contributed by atoms with E-state index in [0.717, 1.165) is 29.2 Å². The fraction of sp³-hybridized carbons (Fsp3) is 0.424. The third kappa shape index (κ3) is 9.61. The number of hydrogen-bond donors (Lipinski definition) is 3. The monoisotopic (exact) mass is 651 g/mol. The van der Waals surface area contributed by atoms with Crippen molar-refractivity contribution < 1.29 is 23.9 Å². The molecule has 3 N–H and O–H groups in total. The van der Waals surface area contributed by atoms with Gasteiger partial charge in [-0.2, -0.15) is 0 Å². The van der Waals surface area contributed by atoms with Gasteiger partial charge < -0.3 is 25.6 Å². The lowest BCUT2D eigenvalue weighted by molar-refractivity contribution is -0.137. The van der Waals surface area contributed by atoms with Gasteiger partial charge >= 0.3 is 0 Å². The maximum absolute atomic E-state index is 13.8. The van der Waals surface area contributed by atoms with Crippen molar-refractivity contribution in [2.45, 2.75) is 75.9 Å². The summed E-state index contributed by atoms with van der Waals surface area (Å²) in [6, 6.07) is 11.3. The Hall–Kier alpha value is -3.77. The van der Waals surface area contributed by atoms with E-state index in [2.05, 4.69) is 20.9 Å². The van der Waals surface area contributed by atoms with E-state index in [1.165, 1.54) is 4.90 Å². The number of unbranched alkanes of at least 4 members (excludes halogenated alkanes) is 2. The fourth-order valence-electron chi connectivity index (χ4n) is 5.07. The summed E-state index contributed by atoms with van der Waals surface area (Å²) in [5.41, 5.74) is 1.74. The summed E-state index contributed by atoms with van der Waals surface area (Å²) in [5, 5.41) is 9.42.